The maximum atomic E-state index is 11.7. The summed E-state index contributed by atoms with van der Waals surface area (Å²) in [7, 11) is 1.63. The molecule has 6 nitrogen and oxygen atoms in total. The van der Waals surface area contributed by atoms with Gasteiger partial charge in [0.15, 0.2) is 0 Å². The maximum absolute atomic E-state index is 11.7. The Morgan fingerprint density at radius 3 is 2.73 bits per heavy atom. The van der Waals surface area contributed by atoms with Crippen molar-refractivity contribution < 1.29 is 14.3 Å². The van der Waals surface area contributed by atoms with E-state index in [2.05, 4.69) is 29.0 Å². The van der Waals surface area contributed by atoms with E-state index in [9.17, 15) is 4.79 Å². The quantitative estimate of drug-likeness (QED) is 0.815. The smallest absolute Gasteiger partial charge is 0.224 e. The van der Waals surface area contributed by atoms with Crippen LogP contribution >= 0.6 is 0 Å². The van der Waals surface area contributed by atoms with Gasteiger partial charge in [-0.1, -0.05) is 0 Å². The molecule has 1 fully saturated rings. The molecule has 22 heavy (non-hydrogen) atoms. The number of carbonyl (C=O) groups is 1. The number of pyridine rings is 1. The average molecular weight is 307 g/mol. The van der Waals surface area contributed by atoms with Gasteiger partial charge in [0, 0.05) is 33.2 Å². The fourth-order valence-corrected chi connectivity index (χ4v) is 2.61. The number of carbonyl (C=O) groups excluding carboxylic acids is 1. The molecule has 1 aliphatic rings. The Morgan fingerprint density at radius 2 is 2.14 bits per heavy atom. The first-order valence-corrected chi connectivity index (χ1v) is 7.73. The van der Waals surface area contributed by atoms with Crippen LogP contribution in [0.3, 0.4) is 0 Å². The number of hydrogen-bond acceptors (Lipinski definition) is 5. The summed E-state index contributed by atoms with van der Waals surface area (Å²) < 4.78 is 10.7. The lowest BCUT2D eigenvalue weighted by atomic mass is 10.2. The van der Waals surface area contributed by atoms with Gasteiger partial charge in [0.05, 0.1) is 24.1 Å². The molecule has 0 aliphatic carbocycles. The van der Waals surface area contributed by atoms with Crippen molar-refractivity contribution >= 4 is 17.4 Å². The Labute approximate surface area is 131 Å². The van der Waals surface area contributed by atoms with Crippen LogP contribution in [0.1, 0.15) is 26.7 Å². The van der Waals surface area contributed by atoms with Crippen molar-refractivity contribution in [2.24, 2.45) is 0 Å². The maximum Gasteiger partial charge on any atom is 0.224 e. The Kier molecular flexibility index (Phi) is 6.15. The van der Waals surface area contributed by atoms with Crippen molar-refractivity contribution in [2.75, 3.05) is 37.0 Å². The first kappa shape index (κ1) is 16.7. The molecule has 1 aliphatic heterocycles. The second-order valence-electron chi connectivity index (χ2n) is 5.71. The zero-order valence-electron chi connectivity index (χ0n) is 13.5. The van der Waals surface area contributed by atoms with E-state index in [0.717, 1.165) is 31.0 Å². The number of amides is 1. The van der Waals surface area contributed by atoms with Gasteiger partial charge in [0.1, 0.15) is 5.82 Å². The summed E-state index contributed by atoms with van der Waals surface area (Å²) >= 11 is 0. The van der Waals surface area contributed by atoms with Crippen molar-refractivity contribution in [3.63, 3.8) is 0 Å². The molecule has 0 saturated carbocycles. The first-order valence-electron chi connectivity index (χ1n) is 7.73. The molecule has 122 valence electrons. The molecule has 1 aromatic rings. The number of ether oxygens (including phenoxy) is 2. The van der Waals surface area contributed by atoms with Crippen LogP contribution in [-0.4, -0.2) is 49.9 Å². The van der Waals surface area contributed by atoms with Gasteiger partial charge in [-0.25, -0.2) is 4.98 Å². The number of nitrogens with zero attached hydrogens (tertiary/aromatic N) is 2. The first-order chi connectivity index (χ1) is 10.6. The van der Waals surface area contributed by atoms with Crippen molar-refractivity contribution in [3.8, 4) is 0 Å². The molecule has 1 amide bonds. The van der Waals surface area contributed by atoms with Crippen molar-refractivity contribution in [2.45, 2.75) is 38.9 Å². The van der Waals surface area contributed by atoms with E-state index in [1.807, 2.05) is 12.1 Å². The summed E-state index contributed by atoms with van der Waals surface area (Å²) in [5, 5.41) is 2.85. The SMILES string of the molecule is COCCCC(=O)Nc1ccc(N2CC(C)OC(C)C2)nc1. The van der Waals surface area contributed by atoms with Crippen molar-refractivity contribution in [1.29, 1.82) is 0 Å². The number of methoxy groups -OCH3 is 1. The Morgan fingerprint density at radius 1 is 1.41 bits per heavy atom. The number of anilines is 2. The number of aromatic nitrogens is 1. The highest BCUT2D eigenvalue weighted by Gasteiger charge is 2.22. The Balaban J connectivity index is 1.88. The van der Waals surface area contributed by atoms with Gasteiger partial charge in [-0.2, -0.15) is 0 Å². The highest BCUT2D eigenvalue weighted by atomic mass is 16.5. The largest absolute Gasteiger partial charge is 0.385 e. The van der Waals surface area contributed by atoms with Gasteiger partial charge in [-0.05, 0) is 32.4 Å². The predicted molar refractivity (Wildman–Crippen MR) is 86.2 cm³/mol. The standard InChI is InChI=1S/C16H25N3O3/c1-12-10-19(11-13(2)22-12)15-7-6-14(9-17-15)18-16(20)5-4-8-21-3/h6-7,9,12-13H,4-5,8,10-11H2,1-3H3,(H,18,20). The average Bonchev–Trinajstić information content (AvgIpc) is 2.47. The number of hydrogen-bond donors (Lipinski definition) is 1. The molecular weight excluding hydrogens is 282 g/mol. The zero-order valence-corrected chi connectivity index (χ0v) is 13.5. The van der Waals surface area contributed by atoms with Crippen molar-refractivity contribution in [1.82, 2.24) is 4.98 Å². The molecule has 2 heterocycles. The third kappa shape index (κ3) is 4.96. The van der Waals surface area contributed by atoms with Crippen LogP contribution in [0, 0.1) is 0 Å². The molecule has 1 aromatic heterocycles. The number of nitrogens with one attached hydrogen (secondary N) is 1. The summed E-state index contributed by atoms with van der Waals surface area (Å²) in [6.45, 7) is 6.40. The Hall–Kier alpha value is -1.66. The van der Waals surface area contributed by atoms with Crippen LogP contribution in [0.2, 0.25) is 0 Å². The topological polar surface area (TPSA) is 63.7 Å². The van der Waals surface area contributed by atoms with E-state index >= 15 is 0 Å². The lowest BCUT2D eigenvalue weighted by Gasteiger charge is -2.36. The second kappa shape index (κ2) is 8.10. The second-order valence-corrected chi connectivity index (χ2v) is 5.71. The minimum Gasteiger partial charge on any atom is -0.385 e. The van der Waals surface area contributed by atoms with Crippen LogP contribution < -0.4 is 10.2 Å². The van der Waals surface area contributed by atoms with Gasteiger partial charge in [0.25, 0.3) is 0 Å². The van der Waals surface area contributed by atoms with Crippen molar-refractivity contribution in [3.05, 3.63) is 18.3 Å². The van der Waals surface area contributed by atoms with E-state index in [0.29, 0.717) is 13.0 Å². The highest BCUT2D eigenvalue weighted by molar-refractivity contribution is 5.90. The molecule has 1 saturated heterocycles. The van der Waals surface area contributed by atoms with Gasteiger partial charge >= 0.3 is 0 Å². The molecule has 2 rings (SSSR count). The van der Waals surface area contributed by atoms with Crippen LogP contribution in [0.5, 0.6) is 0 Å². The highest BCUT2D eigenvalue weighted by Crippen LogP contribution is 2.19. The molecule has 0 spiro atoms. The molecule has 6 heteroatoms. The minimum atomic E-state index is -0.0137. The lowest BCUT2D eigenvalue weighted by molar-refractivity contribution is -0.116. The summed E-state index contributed by atoms with van der Waals surface area (Å²) in [6.07, 6.45) is 3.27. The Bertz CT molecular complexity index is 468. The molecular formula is C16H25N3O3. The van der Waals surface area contributed by atoms with Gasteiger partial charge in [0.2, 0.25) is 5.91 Å². The summed E-state index contributed by atoms with van der Waals surface area (Å²) in [5.41, 5.74) is 0.723. The van der Waals surface area contributed by atoms with E-state index in [1.54, 1.807) is 13.3 Å². The third-order valence-corrected chi connectivity index (χ3v) is 3.53. The lowest BCUT2D eigenvalue weighted by Crippen LogP contribution is -2.45. The molecule has 0 aromatic carbocycles. The molecule has 1 N–H and O–H groups in total. The third-order valence-electron chi connectivity index (χ3n) is 3.53. The van der Waals surface area contributed by atoms with Gasteiger partial charge < -0.3 is 19.7 Å². The molecule has 2 atom stereocenters. The van der Waals surface area contributed by atoms with E-state index in [1.165, 1.54) is 0 Å². The van der Waals surface area contributed by atoms with Crippen LogP contribution in [0.4, 0.5) is 11.5 Å². The van der Waals surface area contributed by atoms with Crippen LogP contribution in [-0.2, 0) is 14.3 Å². The fraction of sp³-hybridized carbons (Fsp3) is 0.625. The zero-order chi connectivity index (χ0) is 15.9. The molecule has 0 bridgehead atoms. The van der Waals surface area contributed by atoms with Gasteiger partial charge in [-0.15, -0.1) is 0 Å². The summed E-state index contributed by atoms with van der Waals surface area (Å²) in [6, 6.07) is 3.83. The summed E-state index contributed by atoms with van der Waals surface area (Å²) in [4.78, 5) is 18.4. The minimum absolute atomic E-state index is 0.0137. The van der Waals surface area contributed by atoms with Gasteiger partial charge in [-0.3, -0.25) is 4.79 Å². The number of rotatable bonds is 6. The van der Waals surface area contributed by atoms with E-state index in [-0.39, 0.29) is 18.1 Å². The van der Waals surface area contributed by atoms with E-state index in [4.69, 9.17) is 9.47 Å². The monoisotopic (exact) mass is 307 g/mol. The van der Waals surface area contributed by atoms with Crippen LogP contribution in [0.15, 0.2) is 18.3 Å². The van der Waals surface area contributed by atoms with Crippen LogP contribution in [0.25, 0.3) is 0 Å². The van der Waals surface area contributed by atoms with E-state index < -0.39 is 0 Å². The predicted octanol–water partition coefficient (Wildman–Crippen LogP) is 2.06. The number of morpholine rings is 1. The molecule has 2 unspecified atom stereocenters. The fourth-order valence-electron chi connectivity index (χ4n) is 2.61. The molecule has 0 radical (unpaired) electrons. The summed E-state index contributed by atoms with van der Waals surface area (Å²) in [5.74, 6) is 0.902. The normalized spacial score (nSPS) is 21.7.